The molecule has 3 aromatic carbocycles. The Morgan fingerprint density at radius 1 is 1.05 bits per heavy atom. The van der Waals surface area contributed by atoms with Crippen molar-refractivity contribution in [3.8, 4) is 0 Å². The number of aryl methyl sites for hydroxylation is 3. The van der Waals surface area contributed by atoms with Gasteiger partial charge in [-0.2, -0.15) is 0 Å². The first-order valence-corrected chi connectivity index (χ1v) is 14.5. The molecule has 0 amide bonds. The van der Waals surface area contributed by atoms with Gasteiger partial charge in [-0.05, 0) is 49.2 Å². The molecule has 0 spiro atoms. The Kier molecular flexibility index (Phi) is 7.71. The van der Waals surface area contributed by atoms with Crippen LogP contribution in [0.25, 0.3) is 21.9 Å². The SMILES string of the molecule is CCOC(=O)CN(c1ccc2c(c1)nc(CCc1ccc(C(=N)N)cc1)n2C)S(=O)(=O)c1cccc2cccnc12. The summed E-state index contributed by atoms with van der Waals surface area (Å²) in [6, 6.07) is 21.1. The maximum Gasteiger partial charge on any atom is 0.326 e. The van der Waals surface area contributed by atoms with Crippen molar-refractivity contribution >= 4 is 49.5 Å². The number of nitrogens with zero attached hydrogens (tertiary/aromatic N) is 4. The molecule has 0 saturated carbocycles. The molecule has 2 aromatic heterocycles. The zero-order valence-corrected chi connectivity index (χ0v) is 23.6. The van der Waals surface area contributed by atoms with Crippen molar-refractivity contribution in [3.05, 3.63) is 95.9 Å². The number of carbonyl (C=O) groups excluding carboxylic acids is 1. The number of nitrogens with two attached hydrogens (primary N) is 1. The van der Waals surface area contributed by atoms with E-state index in [1.165, 1.54) is 12.3 Å². The van der Waals surface area contributed by atoms with E-state index in [0.29, 0.717) is 34.1 Å². The van der Waals surface area contributed by atoms with Gasteiger partial charge in [0.15, 0.2) is 0 Å². The van der Waals surface area contributed by atoms with Gasteiger partial charge in [0, 0.05) is 30.6 Å². The van der Waals surface area contributed by atoms with Crippen molar-refractivity contribution in [2.24, 2.45) is 12.8 Å². The lowest BCUT2D eigenvalue weighted by Gasteiger charge is -2.24. The zero-order valence-electron chi connectivity index (χ0n) is 22.7. The standard InChI is InChI=1S/C30H30N6O4S/c1-3-40-28(37)19-36(41(38,39)26-8-4-6-21-7-5-17-33-29(21)26)23-14-15-25-24(18-23)34-27(35(25)2)16-11-20-9-12-22(13-10-20)30(31)32/h4-10,12-15,17-18H,3,11,16,19H2,1-2H3,(H3,31,32). The van der Waals surface area contributed by atoms with E-state index in [4.69, 9.17) is 20.9 Å². The van der Waals surface area contributed by atoms with E-state index >= 15 is 0 Å². The van der Waals surface area contributed by atoms with E-state index in [9.17, 15) is 13.2 Å². The molecule has 0 aliphatic heterocycles. The van der Waals surface area contributed by atoms with Crippen LogP contribution < -0.4 is 10.0 Å². The second-order valence-electron chi connectivity index (χ2n) is 9.52. The lowest BCUT2D eigenvalue weighted by molar-refractivity contribution is -0.141. The number of ether oxygens (including phenoxy) is 1. The van der Waals surface area contributed by atoms with Gasteiger partial charge in [0.2, 0.25) is 0 Å². The molecule has 210 valence electrons. The van der Waals surface area contributed by atoms with Crippen molar-refractivity contribution < 1.29 is 17.9 Å². The molecule has 0 aliphatic carbocycles. The molecule has 5 aromatic rings. The van der Waals surface area contributed by atoms with E-state index in [0.717, 1.165) is 27.6 Å². The van der Waals surface area contributed by atoms with Gasteiger partial charge in [-0.1, -0.05) is 42.5 Å². The highest BCUT2D eigenvalue weighted by atomic mass is 32.2. The number of benzene rings is 3. The maximum atomic E-state index is 14.1. The molecule has 0 aliphatic rings. The van der Waals surface area contributed by atoms with Crippen molar-refractivity contribution in [1.29, 1.82) is 5.41 Å². The van der Waals surface area contributed by atoms with Crippen molar-refractivity contribution in [3.63, 3.8) is 0 Å². The summed E-state index contributed by atoms with van der Waals surface area (Å²) in [5.74, 6) is 0.186. The fourth-order valence-corrected chi connectivity index (χ4v) is 6.34. The molecule has 0 bridgehead atoms. The Labute approximate surface area is 238 Å². The Hall–Kier alpha value is -4.77. The van der Waals surface area contributed by atoms with Crippen LogP contribution in [0.3, 0.4) is 0 Å². The number of hydrogen-bond acceptors (Lipinski definition) is 7. The molecule has 10 nitrogen and oxygen atoms in total. The van der Waals surface area contributed by atoms with Crippen LogP contribution in [0.15, 0.2) is 83.9 Å². The number of rotatable bonds is 10. The molecule has 3 N–H and O–H groups in total. The summed E-state index contributed by atoms with van der Waals surface area (Å²) in [6.07, 6.45) is 2.91. The number of imidazole rings is 1. The van der Waals surface area contributed by atoms with Crippen LogP contribution in [0.5, 0.6) is 0 Å². The minimum absolute atomic E-state index is 0.00232. The van der Waals surface area contributed by atoms with E-state index < -0.39 is 22.5 Å². The van der Waals surface area contributed by atoms with Crippen LogP contribution >= 0.6 is 0 Å². The topological polar surface area (TPSA) is 144 Å². The molecule has 41 heavy (non-hydrogen) atoms. The molecule has 2 heterocycles. The Bertz CT molecular complexity index is 1860. The van der Waals surface area contributed by atoms with E-state index in [1.54, 1.807) is 49.4 Å². The van der Waals surface area contributed by atoms with Gasteiger partial charge in [-0.3, -0.25) is 19.5 Å². The summed E-state index contributed by atoms with van der Waals surface area (Å²) in [4.78, 5) is 21.7. The largest absolute Gasteiger partial charge is 0.465 e. The van der Waals surface area contributed by atoms with Crippen LogP contribution in [-0.4, -0.2) is 47.9 Å². The number of fused-ring (bicyclic) bond motifs is 2. The lowest BCUT2D eigenvalue weighted by Crippen LogP contribution is -2.36. The fourth-order valence-electron chi connectivity index (χ4n) is 4.77. The molecule has 0 unspecified atom stereocenters. The molecule has 0 saturated heterocycles. The second-order valence-corrected chi connectivity index (χ2v) is 11.3. The average Bonchev–Trinajstić information content (AvgIpc) is 3.29. The predicted molar refractivity (Wildman–Crippen MR) is 158 cm³/mol. The number of esters is 1. The number of para-hydroxylation sites is 1. The number of anilines is 1. The number of carbonyl (C=O) groups is 1. The third-order valence-corrected chi connectivity index (χ3v) is 8.69. The van der Waals surface area contributed by atoms with Crippen LogP contribution in [-0.2, 0) is 39.4 Å². The van der Waals surface area contributed by atoms with Crippen LogP contribution in [0.1, 0.15) is 23.9 Å². The molecule has 0 fully saturated rings. The van der Waals surface area contributed by atoms with Crippen LogP contribution in [0.2, 0.25) is 0 Å². The summed E-state index contributed by atoms with van der Waals surface area (Å²) >= 11 is 0. The maximum absolute atomic E-state index is 14.1. The Balaban J connectivity index is 1.50. The van der Waals surface area contributed by atoms with E-state index in [2.05, 4.69) is 4.98 Å². The van der Waals surface area contributed by atoms with E-state index in [1.807, 2.05) is 35.9 Å². The van der Waals surface area contributed by atoms with Crippen LogP contribution in [0, 0.1) is 5.41 Å². The van der Waals surface area contributed by atoms with Gasteiger partial charge >= 0.3 is 5.97 Å². The van der Waals surface area contributed by atoms with Crippen LogP contribution in [0.4, 0.5) is 5.69 Å². The second kappa shape index (κ2) is 11.4. The summed E-state index contributed by atoms with van der Waals surface area (Å²) in [6.45, 7) is 1.30. The third-order valence-electron chi connectivity index (χ3n) is 6.89. The minimum atomic E-state index is -4.21. The van der Waals surface area contributed by atoms with Gasteiger partial charge in [-0.15, -0.1) is 0 Å². The number of pyridine rings is 1. The van der Waals surface area contributed by atoms with Gasteiger partial charge in [0.25, 0.3) is 10.0 Å². The number of sulfonamides is 1. The predicted octanol–water partition coefficient (Wildman–Crippen LogP) is 3.95. The van der Waals surface area contributed by atoms with Crippen molar-refractivity contribution in [2.45, 2.75) is 24.7 Å². The minimum Gasteiger partial charge on any atom is -0.465 e. The third kappa shape index (κ3) is 5.62. The Morgan fingerprint density at radius 3 is 2.54 bits per heavy atom. The summed E-state index contributed by atoms with van der Waals surface area (Å²) in [7, 11) is -2.30. The highest BCUT2D eigenvalue weighted by Crippen LogP contribution is 2.30. The fraction of sp³-hybridized carbons (Fsp3) is 0.200. The smallest absolute Gasteiger partial charge is 0.326 e. The number of nitrogen functional groups attached to an aromatic ring is 1. The molecule has 5 rings (SSSR count). The highest BCUT2D eigenvalue weighted by Gasteiger charge is 2.30. The molecular formula is C30H30N6O4S. The first-order valence-electron chi connectivity index (χ1n) is 13.1. The highest BCUT2D eigenvalue weighted by molar-refractivity contribution is 7.93. The summed E-state index contributed by atoms with van der Waals surface area (Å²) in [5.41, 5.74) is 9.35. The number of hydrogen-bond donors (Lipinski definition) is 2. The molecule has 0 radical (unpaired) electrons. The summed E-state index contributed by atoms with van der Waals surface area (Å²) in [5, 5.41) is 8.23. The number of amidine groups is 1. The van der Waals surface area contributed by atoms with Gasteiger partial charge in [0.05, 0.1) is 28.8 Å². The quantitative estimate of drug-likeness (QED) is 0.147. The van der Waals surface area contributed by atoms with Gasteiger partial charge in [0.1, 0.15) is 23.1 Å². The van der Waals surface area contributed by atoms with Gasteiger partial charge < -0.3 is 15.0 Å². The normalized spacial score (nSPS) is 11.6. The van der Waals surface area contributed by atoms with Crippen molar-refractivity contribution in [1.82, 2.24) is 14.5 Å². The first-order chi connectivity index (χ1) is 19.7. The lowest BCUT2D eigenvalue weighted by atomic mass is 10.1. The number of nitrogens with one attached hydrogen (secondary N) is 1. The monoisotopic (exact) mass is 570 g/mol. The van der Waals surface area contributed by atoms with Gasteiger partial charge in [-0.25, -0.2) is 13.4 Å². The zero-order chi connectivity index (χ0) is 29.1. The first kappa shape index (κ1) is 27.8. The summed E-state index contributed by atoms with van der Waals surface area (Å²) < 4.78 is 36.3. The Morgan fingerprint density at radius 2 is 1.80 bits per heavy atom. The number of aromatic nitrogens is 3. The van der Waals surface area contributed by atoms with E-state index in [-0.39, 0.29) is 17.3 Å². The molecule has 11 heteroatoms. The molecular weight excluding hydrogens is 540 g/mol. The van der Waals surface area contributed by atoms with Crippen molar-refractivity contribution in [2.75, 3.05) is 17.5 Å². The molecule has 0 atom stereocenters. The average molecular weight is 571 g/mol.